The third-order valence-corrected chi connectivity index (χ3v) is 4.96. The lowest BCUT2D eigenvalue weighted by molar-refractivity contribution is 0.405. The summed E-state index contributed by atoms with van der Waals surface area (Å²) >= 11 is 1.84. The highest BCUT2D eigenvalue weighted by Crippen LogP contribution is 2.35. The highest BCUT2D eigenvalue weighted by molar-refractivity contribution is 7.12. The number of aryl methyl sites for hydroxylation is 2. The molecule has 0 radical (unpaired) electrons. The standard InChI is InChI=1S/C15H18N2OS/c1-18-11-6-4-8-17-15(11)14(16)13-9-10-5-2-3-7-12(10)19-13/h4,6,8-9,14H,2-3,5,7,16H2,1H3. The van der Waals surface area contributed by atoms with Gasteiger partial charge in [0.1, 0.15) is 11.4 Å². The number of pyridine rings is 1. The molecule has 0 fully saturated rings. The van der Waals surface area contributed by atoms with Crippen molar-refractivity contribution in [1.29, 1.82) is 0 Å². The molecule has 0 amide bonds. The summed E-state index contributed by atoms with van der Waals surface area (Å²) in [4.78, 5) is 7.09. The van der Waals surface area contributed by atoms with Gasteiger partial charge in [0.2, 0.25) is 0 Å². The molecular weight excluding hydrogens is 256 g/mol. The lowest BCUT2D eigenvalue weighted by Crippen LogP contribution is -2.13. The maximum absolute atomic E-state index is 6.37. The van der Waals surface area contributed by atoms with Crippen molar-refractivity contribution in [2.45, 2.75) is 31.7 Å². The van der Waals surface area contributed by atoms with Gasteiger partial charge in [0.25, 0.3) is 0 Å². The van der Waals surface area contributed by atoms with Gasteiger partial charge in [0.05, 0.1) is 13.2 Å². The van der Waals surface area contributed by atoms with E-state index in [1.165, 1.54) is 41.0 Å². The lowest BCUT2D eigenvalue weighted by Gasteiger charge is -2.12. The van der Waals surface area contributed by atoms with Crippen LogP contribution in [0.4, 0.5) is 0 Å². The Balaban J connectivity index is 1.95. The first kappa shape index (κ1) is 12.6. The summed E-state index contributed by atoms with van der Waals surface area (Å²) in [6.45, 7) is 0. The maximum Gasteiger partial charge on any atom is 0.142 e. The van der Waals surface area contributed by atoms with Crippen molar-refractivity contribution >= 4 is 11.3 Å². The fourth-order valence-electron chi connectivity index (χ4n) is 2.61. The first-order chi connectivity index (χ1) is 9.29. The van der Waals surface area contributed by atoms with Gasteiger partial charge in [0, 0.05) is 16.0 Å². The summed E-state index contributed by atoms with van der Waals surface area (Å²) in [6.07, 6.45) is 6.76. The molecule has 100 valence electrons. The Morgan fingerprint density at radius 3 is 3.00 bits per heavy atom. The number of hydrogen-bond acceptors (Lipinski definition) is 4. The molecule has 1 aliphatic carbocycles. The van der Waals surface area contributed by atoms with Crippen LogP contribution in [0.1, 0.15) is 39.9 Å². The van der Waals surface area contributed by atoms with E-state index in [1.807, 2.05) is 23.5 Å². The molecule has 2 heterocycles. The molecule has 19 heavy (non-hydrogen) atoms. The summed E-state index contributed by atoms with van der Waals surface area (Å²) in [5, 5.41) is 0. The summed E-state index contributed by atoms with van der Waals surface area (Å²) in [5.41, 5.74) is 8.68. The van der Waals surface area contributed by atoms with Gasteiger partial charge in [-0.05, 0) is 49.4 Å². The fraction of sp³-hybridized carbons (Fsp3) is 0.400. The monoisotopic (exact) mass is 274 g/mol. The van der Waals surface area contributed by atoms with Crippen LogP contribution >= 0.6 is 11.3 Å². The third kappa shape index (κ3) is 2.38. The van der Waals surface area contributed by atoms with Crippen LogP contribution in [-0.4, -0.2) is 12.1 Å². The van der Waals surface area contributed by atoms with Crippen molar-refractivity contribution in [2.24, 2.45) is 5.73 Å². The Kier molecular flexibility index (Phi) is 3.53. The van der Waals surface area contributed by atoms with Gasteiger partial charge >= 0.3 is 0 Å². The smallest absolute Gasteiger partial charge is 0.142 e. The van der Waals surface area contributed by atoms with Crippen LogP contribution in [0, 0.1) is 0 Å². The van der Waals surface area contributed by atoms with Crippen molar-refractivity contribution in [2.75, 3.05) is 7.11 Å². The normalized spacial score (nSPS) is 15.9. The van der Waals surface area contributed by atoms with Gasteiger partial charge in [-0.3, -0.25) is 4.98 Å². The van der Waals surface area contributed by atoms with E-state index in [1.54, 1.807) is 13.3 Å². The SMILES string of the molecule is COc1cccnc1C(N)c1cc2c(s1)CCCC2. The third-order valence-electron chi connectivity index (χ3n) is 3.64. The molecule has 4 heteroatoms. The van der Waals surface area contributed by atoms with Gasteiger partial charge < -0.3 is 10.5 Å². The Morgan fingerprint density at radius 2 is 2.21 bits per heavy atom. The summed E-state index contributed by atoms with van der Waals surface area (Å²) in [5.74, 6) is 0.765. The van der Waals surface area contributed by atoms with E-state index < -0.39 is 0 Å². The minimum Gasteiger partial charge on any atom is -0.495 e. The molecular formula is C15H18N2OS. The molecule has 0 spiro atoms. The number of hydrogen-bond donors (Lipinski definition) is 1. The van der Waals surface area contributed by atoms with Crippen molar-refractivity contribution in [3.8, 4) is 5.75 Å². The molecule has 0 aromatic carbocycles. The minimum absolute atomic E-state index is 0.188. The van der Waals surface area contributed by atoms with Gasteiger partial charge in [-0.2, -0.15) is 0 Å². The molecule has 1 atom stereocenters. The van der Waals surface area contributed by atoms with Gasteiger partial charge in [-0.1, -0.05) is 0 Å². The first-order valence-corrected chi connectivity index (χ1v) is 7.47. The predicted molar refractivity (Wildman–Crippen MR) is 77.8 cm³/mol. The average molecular weight is 274 g/mol. The van der Waals surface area contributed by atoms with Crippen LogP contribution in [0.5, 0.6) is 5.75 Å². The van der Waals surface area contributed by atoms with Crippen molar-refractivity contribution in [1.82, 2.24) is 4.98 Å². The molecule has 2 aromatic heterocycles. The molecule has 1 aliphatic rings. The van der Waals surface area contributed by atoms with Crippen LogP contribution in [0.25, 0.3) is 0 Å². The minimum atomic E-state index is -0.188. The largest absolute Gasteiger partial charge is 0.495 e. The first-order valence-electron chi connectivity index (χ1n) is 6.65. The van der Waals surface area contributed by atoms with Crippen LogP contribution in [-0.2, 0) is 12.8 Å². The Morgan fingerprint density at radius 1 is 1.37 bits per heavy atom. The van der Waals surface area contributed by atoms with Gasteiger partial charge in [-0.15, -0.1) is 11.3 Å². The van der Waals surface area contributed by atoms with Crippen LogP contribution in [0.15, 0.2) is 24.4 Å². The lowest BCUT2D eigenvalue weighted by atomic mass is 9.98. The number of ether oxygens (including phenoxy) is 1. The molecule has 2 aromatic rings. The quantitative estimate of drug-likeness (QED) is 0.935. The van der Waals surface area contributed by atoms with E-state index in [2.05, 4.69) is 11.1 Å². The molecule has 0 saturated carbocycles. The topological polar surface area (TPSA) is 48.1 Å². The number of nitrogens with two attached hydrogens (primary N) is 1. The van der Waals surface area contributed by atoms with Gasteiger partial charge in [0.15, 0.2) is 0 Å². The van der Waals surface area contributed by atoms with Crippen molar-refractivity contribution < 1.29 is 4.74 Å². The number of methoxy groups -OCH3 is 1. The molecule has 3 nitrogen and oxygen atoms in total. The van der Waals surface area contributed by atoms with E-state index in [0.29, 0.717) is 0 Å². The van der Waals surface area contributed by atoms with Gasteiger partial charge in [-0.25, -0.2) is 0 Å². The second-order valence-corrected chi connectivity index (χ2v) is 6.04. The summed E-state index contributed by atoms with van der Waals surface area (Å²) in [6, 6.07) is 5.86. The number of thiophene rings is 1. The van der Waals surface area contributed by atoms with E-state index in [0.717, 1.165) is 11.4 Å². The van der Waals surface area contributed by atoms with Crippen LogP contribution in [0.2, 0.25) is 0 Å². The Bertz CT molecular complexity index is 556. The Hall–Kier alpha value is -1.39. The molecule has 0 aliphatic heterocycles. The van der Waals surface area contributed by atoms with E-state index in [4.69, 9.17) is 10.5 Å². The second-order valence-electron chi connectivity index (χ2n) is 4.87. The number of aromatic nitrogens is 1. The van der Waals surface area contributed by atoms with Crippen LogP contribution in [0.3, 0.4) is 0 Å². The number of nitrogens with zero attached hydrogens (tertiary/aromatic N) is 1. The average Bonchev–Trinajstić information content (AvgIpc) is 2.90. The number of fused-ring (bicyclic) bond motifs is 1. The van der Waals surface area contributed by atoms with E-state index in [-0.39, 0.29) is 6.04 Å². The van der Waals surface area contributed by atoms with Crippen molar-refractivity contribution in [3.05, 3.63) is 45.4 Å². The summed E-state index contributed by atoms with van der Waals surface area (Å²) in [7, 11) is 1.66. The second kappa shape index (κ2) is 5.31. The zero-order valence-corrected chi connectivity index (χ0v) is 11.9. The zero-order valence-electron chi connectivity index (χ0n) is 11.1. The Labute approximate surface area is 117 Å². The molecule has 2 N–H and O–H groups in total. The number of rotatable bonds is 3. The van der Waals surface area contributed by atoms with E-state index >= 15 is 0 Å². The predicted octanol–water partition coefficient (Wildman–Crippen LogP) is 3.08. The maximum atomic E-state index is 6.37. The van der Waals surface area contributed by atoms with Crippen molar-refractivity contribution in [3.63, 3.8) is 0 Å². The highest BCUT2D eigenvalue weighted by Gasteiger charge is 2.20. The molecule has 0 bridgehead atoms. The zero-order chi connectivity index (χ0) is 13.2. The van der Waals surface area contributed by atoms with E-state index in [9.17, 15) is 0 Å². The molecule has 3 rings (SSSR count). The summed E-state index contributed by atoms with van der Waals surface area (Å²) < 4.78 is 5.35. The fourth-order valence-corrected chi connectivity index (χ4v) is 3.87. The highest BCUT2D eigenvalue weighted by atomic mass is 32.1. The molecule has 1 unspecified atom stereocenters. The van der Waals surface area contributed by atoms with Crippen LogP contribution < -0.4 is 10.5 Å². The molecule has 0 saturated heterocycles.